The van der Waals surface area contributed by atoms with Crippen LogP contribution in [0.15, 0.2) is 48.5 Å². The second-order valence-corrected chi connectivity index (χ2v) is 4.66. The first-order valence-corrected chi connectivity index (χ1v) is 6.29. The highest BCUT2D eigenvalue weighted by molar-refractivity contribution is 5.49. The van der Waals surface area contributed by atoms with Crippen LogP contribution in [-0.4, -0.2) is 5.11 Å². The lowest BCUT2D eigenvalue weighted by molar-refractivity contribution is 0.0758. The summed E-state index contributed by atoms with van der Waals surface area (Å²) in [5.74, 6) is 0.776. The van der Waals surface area contributed by atoms with Crippen LogP contribution in [0.25, 0.3) is 0 Å². The predicted octanol–water partition coefficient (Wildman–Crippen LogP) is 3.22. The second kappa shape index (κ2) is 4.14. The van der Waals surface area contributed by atoms with Gasteiger partial charge >= 0.3 is 0 Å². The zero-order valence-electron chi connectivity index (χ0n) is 10.4. The molecule has 18 heavy (non-hydrogen) atoms. The fraction of sp³-hybridized carbons (Fsp3) is 0.250. The van der Waals surface area contributed by atoms with Crippen molar-refractivity contribution in [3.63, 3.8) is 0 Å². The van der Waals surface area contributed by atoms with E-state index in [1.807, 2.05) is 55.5 Å². The van der Waals surface area contributed by atoms with Gasteiger partial charge in [-0.3, -0.25) is 0 Å². The molecule has 1 unspecified atom stereocenters. The fourth-order valence-electron chi connectivity index (χ4n) is 2.67. The average molecular weight is 240 g/mol. The van der Waals surface area contributed by atoms with Crippen molar-refractivity contribution >= 4 is 0 Å². The molecule has 0 fully saturated rings. The Balaban J connectivity index is 2.29. The van der Waals surface area contributed by atoms with Crippen LogP contribution < -0.4 is 4.74 Å². The Morgan fingerprint density at radius 3 is 2.50 bits per heavy atom. The minimum atomic E-state index is -0.955. The normalized spacial score (nSPS) is 21.4. The lowest BCUT2D eigenvalue weighted by Gasteiger charge is -2.28. The third-order valence-electron chi connectivity index (χ3n) is 3.69. The second-order valence-electron chi connectivity index (χ2n) is 4.66. The lowest BCUT2D eigenvalue weighted by Crippen LogP contribution is -2.26. The molecule has 0 aliphatic carbocycles. The van der Waals surface area contributed by atoms with E-state index in [2.05, 4.69) is 0 Å². The molecule has 92 valence electrons. The van der Waals surface area contributed by atoms with Gasteiger partial charge in [0.2, 0.25) is 0 Å². The van der Waals surface area contributed by atoms with Crippen LogP contribution in [-0.2, 0) is 12.2 Å². The molecule has 1 aliphatic heterocycles. The number of para-hydroxylation sites is 1. The molecule has 3 rings (SSSR count). The summed E-state index contributed by atoms with van der Waals surface area (Å²) in [6.07, 6.45) is 0.629. The van der Waals surface area contributed by atoms with E-state index in [-0.39, 0.29) is 0 Å². The summed E-state index contributed by atoms with van der Waals surface area (Å²) in [6.45, 7) is 2.51. The standard InChI is InChI=1S/C16H16O2/c1-2-16(17)13-8-4-3-7-12(13)11-18-15-10-6-5-9-14(15)16/h3-10,17H,2,11H2,1H3. The maximum absolute atomic E-state index is 11.1. The Morgan fingerprint density at radius 1 is 1.06 bits per heavy atom. The lowest BCUT2D eigenvalue weighted by atomic mass is 9.82. The Labute approximate surface area is 107 Å². The van der Waals surface area contributed by atoms with Crippen molar-refractivity contribution in [3.05, 3.63) is 65.2 Å². The molecular formula is C16H16O2. The minimum Gasteiger partial charge on any atom is -0.488 e. The number of aliphatic hydroxyl groups is 1. The maximum Gasteiger partial charge on any atom is 0.126 e. The number of benzene rings is 2. The molecule has 1 heterocycles. The van der Waals surface area contributed by atoms with Gasteiger partial charge < -0.3 is 9.84 Å². The zero-order valence-corrected chi connectivity index (χ0v) is 10.4. The van der Waals surface area contributed by atoms with Gasteiger partial charge in [-0.2, -0.15) is 0 Å². The molecule has 0 saturated carbocycles. The van der Waals surface area contributed by atoms with Gasteiger partial charge in [-0.1, -0.05) is 49.4 Å². The topological polar surface area (TPSA) is 29.5 Å². The minimum absolute atomic E-state index is 0.509. The summed E-state index contributed by atoms with van der Waals surface area (Å²) < 4.78 is 5.81. The van der Waals surface area contributed by atoms with E-state index in [1.165, 1.54) is 0 Å². The molecular weight excluding hydrogens is 224 g/mol. The largest absolute Gasteiger partial charge is 0.488 e. The highest BCUT2D eigenvalue weighted by atomic mass is 16.5. The number of hydrogen-bond acceptors (Lipinski definition) is 2. The summed E-state index contributed by atoms with van der Waals surface area (Å²) in [5.41, 5.74) is 1.91. The summed E-state index contributed by atoms with van der Waals surface area (Å²) in [4.78, 5) is 0. The number of fused-ring (bicyclic) bond motifs is 2. The predicted molar refractivity (Wildman–Crippen MR) is 70.5 cm³/mol. The number of hydrogen-bond donors (Lipinski definition) is 1. The zero-order chi connectivity index (χ0) is 12.6. The Morgan fingerprint density at radius 2 is 1.72 bits per heavy atom. The van der Waals surface area contributed by atoms with Crippen LogP contribution in [0.4, 0.5) is 0 Å². The Hall–Kier alpha value is -1.80. The number of rotatable bonds is 1. The van der Waals surface area contributed by atoms with Crippen molar-refractivity contribution in [3.8, 4) is 5.75 Å². The van der Waals surface area contributed by atoms with E-state index in [4.69, 9.17) is 4.74 Å². The summed E-state index contributed by atoms with van der Waals surface area (Å²) in [5, 5.41) is 11.1. The molecule has 2 aromatic carbocycles. The van der Waals surface area contributed by atoms with E-state index in [9.17, 15) is 5.11 Å². The van der Waals surface area contributed by atoms with Crippen LogP contribution >= 0.6 is 0 Å². The quantitative estimate of drug-likeness (QED) is 0.829. The van der Waals surface area contributed by atoms with Crippen LogP contribution in [0.2, 0.25) is 0 Å². The van der Waals surface area contributed by atoms with Crippen molar-refractivity contribution in [2.24, 2.45) is 0 Å². The SMILES string of the molecule is CCC1(O)c2ccccc2COc2ccccc21. The van der Waals surface area contributed by atoms with Crippen molar-refractivity contribution in [2.75, 3.05) is 0 Å². The molecule has 2 heteroatoms. The van der Waals surface area contributed by atoms with Crippen LogP contribution in [0.5, 0.6) is 5.75 Å². The molecule has 0 radical (unpaired) electrons. The van der Waals surface area contributed by atoms with Gasteiger partial charge in [-0.05, 0) is 23.6 Å². The highest BCUT2D eigenvalue weighted by Gasteiger charge is 2.36. The third-order valence-corrected chi connectivity index (χ3v) is 3.69. The first-order chi connectivity index (χ1) is 8.75. The van der Waals surface area contributed by atoms with Crippen molar-refractivity contribution < 1.29 is 9.84 Å². The van der Waals surface area contributed by atoms with Crippen LogP contribution in [0.3, 0.4) is 0 Å². The Bertz CT molecular complexity index is 527. The molecule has 2 nitrogen and oxygen atoms in total. The third kappa shape index (κ3) is 1.53. The molecule has 0 bridgehead atoms. The first-order valence-electron chi connectivity index (χ1n) is 6.29. The van der Waals surface area contributed by atoms with E-state index in [0.29, 0.717) is 13.0 Å². The summed E-state index contributed by atoms with van der Waals surface area (Å²) in [7, 11) is 0. The van der Waals surface area contributed by atoms with Gasteiger partial charge in [0, 0.05) is 5.56 Å². The first kappa shape index (κ1) is 11.3. The van der Waals surface area contributed by atoms with Crippen LogP contribution in [0.1, 0.15) is 30.0 Å². The smallest absolute Gasteiger partial charge is 0.126 e. The molecule has 2 aromatic rings. The van der Waals surface area contributed by atoms with Gasteiger partial charge in [-0.15, -0.1) is 0 Å². The fourth-order valence-corrected chi connectivity index (χ4v) is 2.67. The van der Waals surface area contributed by atoms with Gasteiger partial charge in [0.1, 0.15) is 18.0 Å². The molecule has 1 atom stereocenters. The summed E-state index contributed by atoms with van der Waals surface area (Å²) >= 11 is 0. The van der Waals surface area contributed by atoms with E-state index < -0.39 is 5.60 Å². The van der Waals surface area contributed by atoms with Crippen molar-refractivity contribution in [1.29, 1.82) is 0 Å². The van der Waals surface area contributed by atoms with Gasteiger partial charge in [-0.25, -0.2) is 0 Å². The molecule has 1 N–H and O–H groups in total. The van der Waals surface area contributed by atoms with Crippen molar-refractivity contribution in [1.82, 2.24) is 0 Å². The van der Waals surface area contributed by atoms with Gasteiger partial charge in [0.05, 0.1) is 0 Å². The summed E-state index contributed by atoms with van der Waals surface area (Å²) in [6, 6.07) is 15.7. The highest BCUT2D eigenvalue weighted by Crippen LogP contribution is 2.42. The van der Waals surface area contributed by atoms with E-state index >= 15 is 0 Å². The molecule has 0 aromatic heterocycles. The molecule has 0 spiro atoms. The maximum atomic E-state index is 11.1. The van der Waals surface area contributed by atoms with E-state index in [0.717, 1.165) is 22.4 Å². The van der Waals surface area contributed by atoms with E-state index in [1.54, 1.807) is 0 Å². The molecule has 0 amide bonds. The monoisotopic (exact) mass is 240 g/mol. The van der Waals surface area contributed by atoms with Crippen LogP contribution in [0, 0.1) is 0 Å². The molecule has 1 aliphatic rings. The Kier molecular flexibility index (Phi) is 2.60. The van der Waals surface area contributed by atoms with Crippen molar-refractivity contribution in [2.45, 2.75) is 25.6 Å². The average Bonchev–Trinajstić information content (AvgIpc) is 2.56. The molecule has 0 saturated heterocycles. The van der Waals surface area contributed by atoms with Gasteiger partial charge in [0.25, 0.3) is 0 Å². The van der Waals surface area contributed by atoms with Gasteiger partial charge in [0.15, 0.2) is 0 Å². The number of ether oxygens (including phenoxy) is 1.